The van der Waals surface area contributed by atoms with Gasteiger partial charge in [-0.25, -0.2) is 0 Å². The maximum absolute atomic E-state index is 12.9. The van der Waals surface area contributed by atoms with Crippen molar-refractivity contribution < 1.29 is 19.1 Å². The summed E-state index contributed by atoms with van der Waals surface area (Å²) in [5, 5.41) is 2.43. The number of hydrogen-bond donors (Lipinski definition) is 1. The highest BCUT2D eigenvalue weighted by molar-refractivity contribution is 8.00. The Labute approximate surface area is 174 Å². The number of likely N-dealkylation sites (tertiary alicyclic amines) is 1. The summed E-state index contributed by atoms with van der Waals surface area (Å²) in [5.74, 6) is -0.657. The van der Waals surface area contributed by atoms with Crippen LogP contribution in [0.3, 0.4) is 0 Å². The second kappa shape index (κ2) is 9.60. The molecular formula is C22H24N2O4S. The van der Waals surface area contributed by atoms with E-state index in [0.717, 1.165) is 25.9 Å². The fraction of sp³-hybridized carbons (Fsp3) is 0.318. The Kier molecular flexibility index (Phi) is 6.93. The Balaban J connectivity index is 1.75. The fourth-order valence-corrected chi connectivity index (χ4v) is 4.21. The molecule has 3 rings (SSSR count). The van der Waals surface area contributed by atoms with Gasteiger partial charge in [0.1, 0.15) is 5.25 Å². The second-order valence-electron chi connectivity index (χ2n) is 6.81. The van der Waals surface area contributed by atoms with E-state index in [2.05, 4.69) is 5.32 Å². The highest BCUT2D eigenvalue weighted by Gasteiger charge is 2.21. The number of hydrogen-bond acceptors (Lipinski definition) is 5. The molecule has 1 N–H and O–H groups in total. The Morgan fingerprint density at radius 3 is 2.52 bits per heavy atom. The van der Waals surface area contributed by atoms with Crippen LogP contribution in [0, 0.1) is 0 Å². The van der Waals surface area contributed by atoms with E-state index in [1.165, 1.54) is 18.9 Å². The first-order valence-electron chi connectivity index (χ1n) is 9.54. The normalized spacial score (nSPS) is 14.3. The minimum Gasteiger partial charge on any atom is -0.468 e. The first-order valence-corrected chi connectivity index (χ1v) is 10.4. The Morgan fingerprint density at radius 1 is 1.07 bits per heavy atom. The molecule has 7 heteroatoms. The van der Waals surface area contributed by atoms with Crippen LogP contribution in [0.25, 0.3) is 0 Å². The van der Waals surface area contributed by atoms with Crippen molar-refractivity contribution in [2.24, 2.45) is 0 Å². The van der Waals surface area contributed by atoms with E-state index in [1.54, 1.807) is 49.4 Å². The van der Waals surface area contributed by atoms with Crippen LogP contribution in [0.15, 0.2) is 53.4 Å². The summed E-state index contributed by atoms with van der Waals surface area (Å²) in [7, 11) is 1.34. The van der Waals surface area contributed by atoms with Crippen molar-refractivity contribution in [2.45, 2.75) is 29.9 Å². The zero-order valence-corrected chi connectivity index (χ0v) is 17.3. The van der Waals surface area contributed by atoms with Gasteiger partial charge in [-0.2, -0.15) is 0 Å². The second-order valence-corrected chi connectivity index (χ2v) is 8.20. The van der Waals surface area contributed by atoms with Crippen molar-refractivity contribution in [3.8, 4) is 0 Å². The van der Waals surface area contributed by atoms with Crippen LogP contribution >= 0.6 is 11.8 Å². The summed E-state index contributed by atoms with van der Waals surface area (Å²) in [6.45, 7) is 3.29. The smallest absolute Gasteiger partial charge is 0.318 e. The molecule has 1 aliphatic heterocycles. The van der Waals surface area contributed by atoms with E-state index in [0.29, 0.717) is 21.7 Å². The fourth-order valence-electron chi connectivity index (χ4n) is 3.19. The van der Waals surface area contributed by atoms with Crippen molar-refractivity contribution >= 4 is 35.2 Å². The molecule has 6 nitrogen and oxygen atoms in total. The zero-order chi connectivity index (χ0) is 20.8. The molecule has 1 fully saturated rings. The van der Waals surface area contributed by atoms with E-state index in [1.807, 2.05) is 11.0 Å². The maximum Gasteiger partial charge on any atom is 0.318 e. The van der Waals surface area contributed by atoms with Gasteiger partial charge in [0, 0.05) is 29.2 Å². The summed E-state index contributed by atoms with van der Waals surface area (Å²) in [6, 6.07) is 14.1. The third-order valence-corrected chi connectivity index (χ3v) is 5.89. The third kappa shape index (κ3) is 5.17. The third-order valence-electron chi connectivity index (χ3n) is 4.73. The Bertz CT molecular complexity index is 909. The van der Waals surface area contributed by atoms with Gasteiger partial charge in [-0.15, -0.1) is 11.8 Å². The molecule has 152 valence electrons. The van der Waals surface area contributed by atoms with E-state index >= 15 is 0 Å². The van der Waals surface area contributed by atoms with Crippen LogP contribution < -0.4 is 5.32 Å². The lowest BCUT2D eigenvalue weighted by molar-refractivity contribution is -0.139. The van der Waals surface area contributed by atoms with Gasteiger partial charge in [0.05, 0.1) is 12.7 Å². The van der Waals surface area contributed by atoms with E-state index in [4.69, 9.17) is 4.74 Å². The number of rotatable bonds is 6. The monoisotopic (exact) mass is 412 g/mol. The molecule has 0 bridgehead atoms. The first-order chi connectivity index (χ1) is 14.0. The van der Waals surface area contributed by atoms with Gasteiger partial charge in [0.15, 0.2) is 0 Å². The predicted molar refractivity (Wildman–Crippen MR) is 113 cm³/mol. The summed E-state index contributed by atoms with van der Waals surface area (Å²) >= 11 is 1.27. The van der Waals surface area contributed by atoms with Crippen LogP contribution in [0.2, 0.25) is 0 Å². The molecule has 0 saturated carbocycles. The summed E-state index contributed by atoms with van der Waals surface area (Å²) in [6.07, 6.45) is 2.06. The minimum atomic E-state index is -0.435. The molecule has 1 saturated heterocycles. The zero-order valence-electron chi connectivity index (χ0n) is 16.5. The number of carbonyl (C=O) groups is 3. The Hall–Kier alpha value is -2.80. The van der Waals surface area contributed by atoms with Crippen molar-refractivity contribution in [1.82, 2.24) is 4.90 Å². The van der Waals surface area contributed by atoms with Crippen LogP contribution in [0.1, 0.15) is 40.5 Å². The van der Waals surface area contributed by atoms with Crippen molar-refractivity contribution in [1.29, 1.82) is 0 Å². The number of methoxy groups -OCH3 is 1. The highest BCUT2D eigenvalue weighted by atomic mass is 32.2. The molecule has 2 aromatic carbocycles. The number of carbonyl (C=O) groups excluding carboxylic acids is 3. The van der Waals surface area contributed by atoms with E-state index in [9.17, 15) is 14.4 Å². The quantitative estimate of drug-likeness (QED) is 0.576. The summed E-state index contributed by atoms with van der Waals surface area (Å²) in [5.41, 5.74) is 1.58. The van der Waals surface area contributed by atoms with Crippen LogP contribution in [0.5, 0.6) is 0 Å². The summed E-state index contributed by atoms with van der Waals surface area (Å²) < 4.78 is 4.76. The number of anilines is 1. The molecule has 0 aromatic heterocycles. The SMILES string of the molecule is COC(=O)C(C)Sc1ccccc1C(=O)Nc1cccc(C(=O)N2CCCC2)c1. The topological polar surface area (TPSA) is 75.7 Å². The molecule has 0 spiro atoms. The number of esters is 1. The molecule has 0 aliphatic carbocycles. The molecule has 2 aromatic rings. The van der Waals surface area contributed by atoms with Gasteiger partial charge in [0.2, 0.25) is 0 Å². The highest BCUT2D eigenvalue weighted by Crippen LogP contribution is 2.28. The largest absolute Gasteiger partial charge is 0.468 e. The lowest BCUT2D eigenvalue weighted by Gasteiger charge is -2.16. The molecule has 0 radical (unpaired) electrons. The molecule has 1 unspecified atom stereocenters. The van der Waals surface area contributed by atoms with E-state index < -0.39 is 5.25 Å². The van der Waals surface area contributed by atoms with Gasteiger partial charge >= 0.3 is 5.97 Å². The number of nitrogens with one attached hydrogen (secondary N) is 1. The van der Waals surface area contributed by atoms with Gasteiger partial charge < -0.3 is 15.0 Å². The van der Waals surface area contributed by atoms with Crippen LogP contribution in [0.4, 0.5) is 5.69 Å². The minimum absolute atomic E-state index is 0.0125. The van der Waals surface area contributed by atoms with Crippen LogP contribution in [-0.4, -0.2) is 48.1 Å². The number of thioether (sulfide) groups is 1. The van der Waals surface area contributed by atoms with Gasteiger partial charge in [-0.05, 0) is 50.1 Å². The van der Waals surface area contributed by atoms with Crippen molar-refractivity contribution in [3.63, 3.8) is 0 Å². The lowest BCUT2D eigenvalue weighted by atomic mass is 10.1. The van der Waals surface area contributed by atoms with Crippen LogP contribution in [-0.2, 0) is 9.53 Å². The predicted octanol–water partition coefficient (Wildman–Crippen LogP) is 3.83. The Morgan fingerprint density at radius 2 is 1.79 bits per heavy atom. The molecule has 29 heavy (non-hydrogen) atoms. The summed E-state index contributed by atoms with van der Waals surface area (Å²) in [4.78, 5) is 39.7. The number of amides is 2. The number of nitrogens with zero attached hydrogens (tertiary/aromatic N) is 1. The number of ether oxygens (including phenoxy) is 1. The lowest BCUT2D eigenvalue weighted by Crippen LogP contribution is -2.27. The molecule has 1 heterocycles. The molecule has 1 atom stereocenters. The first kappa shape index (κ1) is 20.9. The average molecular weight is 413 g/mol. The van der Waals surface area contributed by atoms with Crippen molar-refractivity contribution in [2.75, 3.05) is 25.5 Å². The van der Waals surface area contributed by atoms with Gasteiger partial charge in [-0.3, -0.25) is 14.4 Å². The molecular weight excluding hydrogens is 388 g/mol. The van der Waals surface area contributed by atoms with E-state index in [-0.39, 0.29) is 17.8 Å². The molecule has 1 aliphatic rings. The molecule has 2 amide bonds. The van der Waals surface area contributed by atoms with Gasteiger partial charge in [0.25, 0.3) is 11.8 Å². The number of benzene rings is 2. The van der Waals surface area contributed by atoms with Crippen molar-refractivity contribution in [3.05, 3.63) is 59.7 Å². The standard InChI is InChI=1S/C22H24N2O4S/c1-15(22(27)28-2)29-19-11-4-3-10-18(19)20(25)23-17-9-7-8-16(14-17)21(26)24-12-5-6-13-24/h3-4,7-11,14-15H,5-6,12-13H2,1-2H3,(H,23,25). The average Bonchev–Trinajstić information content (AvgIpc) is 3.28. The maximum atomic E-state index is 12.9. The van der Waals surface area contributed by atoms with Gasteiger partial charge in [-0.1, -0.05) is 18.2 Å².